The van der Waals surface area contributed by atoms with Crippen molar-refractivity contribution in [2.75, 3.05) is 29.1 Å². The van der Waals surface area contributed by atoms with E-state index in [0.717, 1.165) is 24.9 Å². The molecule has 1 aliphatic heterocycles. The number of hydrogen-bond acceptors (Lipinski definition) is 6. The van der Waals surface area contributed by atoms with Crippen LogP contribution in [0.5, 0.6) is 0 Å². The topological polar surface area (TPSA) is 122 Å². The number of aromatic nitrogens is 1. The van der Waals surface area contributed by atoms with Crippen LogP contribution in [0.25, 0.3) is 0 Å². The third kappa shape index (κ3) is 5.56. The molecule has 9 heteroatoms. The quantitative estimate of drug-likeness (QED) is 0.692. The van der Waals surface area contributed by atoms with Crippen LogP contribution in [-0.2, 0) is 19.4 Å². The fraction of sp³-hybridized carbons (Fsp3) is 0.381. The summed E-state index contributed by atoms with van der Waals surface area (Å²) >= 11 is 0. The van der Waals surface area contributed by atoms with Gasteiger partial charge in [0.2, 0.25) is 11.8 Å². The van der Waals surface area contributed by atoms with E-state index in [2.05, 4.69) is 10.3 Å². The normalized spacial score (nSPS) is 16.8. The van der Waals surface area contributed by atoms with E-state index >= 15 is 0 Å². The van der Waals surface area contributed by atoms with Crippen LogP contribution in [0.15, 0.2) is 47.5 Å². The first-order chi connectivity index (χ1) is 14.2. The molecule has 30 heavy (non-hydrogen) atoms. The molecule has 0 radical (unpaired) electrons. The van der Waals surface area contributed by atoms with Crippen molar-refractivity contribution in [3.63, 3.8) is 0 Å². The van der Waals surface area contributed by atoms with Gasteiger partial charge in [-0.05, 0) is 44.0 Å². The van der Waals surface area contributed by atoms with Crippen molar-refractivity contribution in [2.24, 2.45) is 11.7 Å². The highest BCUT2D eigenvalue weighted by Crippen LogP contribution is 2.22. The third-order valence-corrected chi connectivity index (χ3v) is 6.89. The maximum Gasteiger partial charge on any atom is 0.225 e. The Balaban J connectivity index is 1.54. The van der Waals surface area contributed by atoms with Crippen LogP contribution in [-0.4, -0.2) is 44.1 Å². The molecule has 3 N–H and O–H groups in total. The number of anilines is 2. The van der Waals surface area contributed by atoms with Gasteiger partial charge in [0, 0.05) is 19.5 Å². The van der Waals surface area contributed by atoms with Gasteiger partial charge in [0.25, 0.3) is 0 Å². The molecule has 1 aromatic heterocycles. The number of rotatable bonds is 7. The van der Waals surface area contributed by atoms with Gasteiger partial charge >= 0.3 is 0 Å². The van der Waals surface area contributed by atoms with Crippen molar-refractivity contribution in [3.8, 4) is 0 Å². The Bertz CT molecular complexity index is 1000. The summed E-state index contributed by atoms with van der Waals surface area (Å²) in [4.78, 5) is 30.2. The second-order valence-corrected chi connectivity index (χ2v) is 9.63. The Hall–Kier alpha value is -2.94. The third-order valence-electron chi connectivity index (χ3n) is 5.16. The van der Waals surface area contributed by atoms with E-state index in [1.807, 2.05) is 11.8 Å². The molecule has 2 aromatic rings. The highest BCUT2D eigenvalue weighted by molar-refractivity contribution is 7.91. The van der Waals surface area contributed by atoms with Gasteiger partial charge in [-0.1, -0.05) is 17.7 Å². The van der Waals surface area contributed by atoms with Crippen LogP contribution < -0.4 is 16.0 Å². The van der Waals surface area contributed by atoms with Gasteiger partial charge < -0.3 is 16.0 Å². The first-order valence-electron chi connectivity index (χ1n) is 9.84. The van der Waals surface area contributed by atoms with Crippen LogP contribution in [0, 0.1) is 12.8 Å². The summed E-state index contributed by atoms with van der Waals surface area (Å²) in [6.45, 7) is 3.20. The van der Waals surface area contributed by atoms with Crippen LogP contribution in [0.2, 0.25) is 0 Å². The molecule has 160 valence electrons. The number of amides is 2. The van der Waals surface area contributed by atoms with Crippen LogP contribution in [0.1, 0.15) is 24.8 Å². The van der Waals surface area contributed by atoms with E-state index in [4.69, 9.17) is 5.73 Å². The molecule has 0 bridgehead atoms. The summed E-state index contributed by atoms with van der Waals surface area (Å²) in [5.74, 6) is -0.442. The minimum atomic E-state index is -3.52. The fourth-order valence-corrected chi connectivity index (χ4v) is 4.62. The van der Waals surface area contributed by atoms with Gasteiger partial charge in [-0.2, -0.15) is 0 Å². The predicted molar refractivity (Wildman–Crippen MR) is 115 cm³/mol. The Morgan fingerprint density at radius 1 is 1.20 bits per heavy atom. The second kappa shape index (κ2) is 9.25. The molecule has 2 heterocycles. The molecule has 0 aliphatic carbocycles. The van der Waals surface area contributed by atoms with Crippen molar-refractivity contribution in [1.82, 2.24) is 4.98 Å². The summed E-state index contributed by atoms with van der Waals surface area (Å²) in [5, 5.41) is 2.67. The predicted octanol–water partition coefficient (Wildman–Crippen LogP) is 1.89. The molecule has 1 fully saturated rings. The molecular formula is C21H26N4O4S. The average molecular weight is 431 g/mol. The van der Waals surface area contributed by atoms with Crippen LogP contribution >= 0.6 is 0 Å². The number of nitrogens with one attached hydrogen (secondary N) is 1. The standard InChI is InChI=1S/C21H26N4O4S/c1-15-4-7-18(8-5-15)30(28,29)12-10-20(26)24-17-6-9-19(23-13-17)25-11-2-3-16(14-25)21(22)27/h4-9,13,16H,2-3,10-12,14H2,1H3,(H2,22,27)(H,24,26). The van der Waals surface area contributed by atoms with E-state index in [9.17, 15) is 18.0 Å². The van der Waals surface area contributed by atoms with E-state index in [0.29, 0.717) is 18.1 Å². The lowest BCUT2D eigenvalue weighted by Crippen LogP contribution is -2.41. The highest BCUT2D eigenvalue weighted by atomic mass is 32.2. The van der Waals surface area contributed by atoms with E-state index in [-0.39, 0.29) is 28.9 Å². The van der Waals surface area contributed by atoms with Gasteiger partial charge in [-0.25, -0.2) is 13.4 Å². The van der Waals surface area contributed by atoms with Gasteiger partial charge in [-0.15, -0.1) is 0 Å². The van der Waals surface area contributed by atoms with Crippen molar-refractivity contribution >= 4 is 33.2 Å². The second-order valence-electron chi connectivity index (χ2n) is 7.52. The van der Waals surface area contributed by atoms with Crippen molar-refractivity contribution in [3.05, 3.63) is 48.2 Å². The van der Waals surface area contributed by atoms with E-state index in [1.165, 1.54) is 6.20 Å². The number of carbonyl (C=O) groups excluding carboxylic acids is 2. The Morgan fingerprint density at radius 3 is 2.57 bits per heavy atom. The fourth-order valence-electron chi connectivity index (χ4n) is 3.38. The maximum atomic E-state index is 12.4. The number of benzene rings is 1. The SMILES string of the molecule is Cc1ccc(S(=O)(=O)CCC(=O)Nc2ccc(N3CCCC(C(N)=O)C3)nc2)cc1. The molecule has 1 aliphatic rings. The zero-order chi connectivity index (χ0) is 21.7. The summed E-state index contributed by atoms with van der Waals surface area (Å²) in [6, 6.07) is 10.0. The molecule has 1 aromatic carbocycles. The number of hydrogen-bond donors (Lipinski definition) is 2. The maximum absolute atomic E-state index is 12.4. The van der Waals surface area contributed by atoms with E-state index in [1.54, 1.807) is 36.4 Å². The molecule has 1 unspecified atom stereocenters. The summed E-state index contributed by atoms with van der Waals surface area (Å²) in [7, 11) is -3.52. The van der Waals surface area contributed by atoms with Gasteiger partial charge in [-0.3, -0.25) is 9.59 Å². The molecule has 8 nitrogen and oxygen atoms in total. The number of nitrogens with two attached hydrogens (primary N) is 1. The number of pyridine rings is 1. The van der Waals surface area contributed by atoms with Gasteiger partial charge in [0.05, 0.1) is 28.5 Å². The lowest BCUT2D eigenvalue weighted by molar-refractivity contribution is -0.122. The number of piperidine rings is 1. The van der Waals surface area contributed by atoms with Crippen molar-refractivity contribution < 1.29 is 18.0 Å². The number of primary amides is 1. The van der Waals surface area contributed by atoms with Crippen LogP contribution in [0.4, 0.5) is 11.5 Å². The summed E-state index contributed by atoms with van der Waals surface area (Å²) in [5.41, 5.74) is 6.87. The lowest BCUT2D eigenvalue weighted by Gasteiger charge is -2.32. The molecule has 1 atom stereocenters. The first kappa shape index (κ1) is 21.8. The largest absolute Gasteiger partial charge is 0.369 e. The Labute approximate surface area is 176 Å². The number of aryl methyl sites for hydroxylation is 1. The zero-order valence-corrected chi connectivity index (χ0v) is 17.7. The molecule has 0 spiro atoms. The Kier molecular flexibility index (Phi) is 6.71. The van der Waals surface area contributed by atoms with Crippen molar-refractivity contribution in [1.29, 1.82) is 0 Å². The van der Waals surface area contributed by atoms with Gasteiger partial charge in [0.1, 0.15) is 5.82 Å². The number of nitrogens with zero attached hydrogens (tertiary/aromatic N) is 2. The molecule has 2 amide bonds. The van der Waals surface area contributed by atoms with Crippen LogP contribution in [0.3, 0.4) is 0 Å². The lowest BCUT2D eigenvalue weighted by atomic mass is 9.97. The average Bonchev–Trinajstić information content (AvgIpc) is 2.73. The van der Waals surface area contributed by atoms with Crippen molar-refractivity contribution in [2.45, 2.75) is 31.1 Å². The monoisotopic (exact) mass is 430 g/mol. The zero-order valence-electron chi connectivity index (χ0n) is 16.9. The molecule has 3 rings (SSSR count). The summed E-state index contributed by atoms with van der Waals surface area (Å²) < 4.78 is 24.7. The minimum absolute atomic E-state index is 0.148. The first-order valence-corrected chi connectivity index (χ1v) is 11.5. The van der Waals surface area contributed by atoms with E-state index < -0.39 is 15.7 Å². The minimum Gasteiger partial charge on any atom is -0.369 e. The molecule has 0 saturated carbocycles. The van der Waals surface area contributed by atoms with Gasteiger partial charge in [0.15, 0.2) is 9.84 Å². The Morgan fingerprint density at radius 2 is 1.93 bits per heavy atom. The number of carbonyl (C=O) groups is 2. The number of sulfone groups is 1. The smallest absolute Gasteiger partial charge is 0.225 e. The molecular weight excluding hydrogens is 404 g/mol. The highest BCUT2D eigenvalue weighted by Gasteiger charge is 2.24. The summed E-state index contributed by atoms with van der Waals surface area (Å²) in [6.07, 6.45) is 3.02. The molecule has 1 saturated heterocycles.